The molecule has 12 nitrogen and oxygen atoms in total. The SMILES string of the molecule is CC(=O)Cc1ncc(-c2ccc3ncc4c(=O)[nH]c(=O)n(C5CCN(C(=O)C(C)(C)O)CC5)c4c3n2)cn1. The number of nitrogens with zero attached hydrogens (tertiary/aromatic N) is 6. The molecular weight excluding hydrogens is 490 g/mol. The third kappa shape index (κ3) is 4.70. The normalized spacial score (nSPS) is 14.8. The number of pyridine rings is 2. The lowest BCUT2D eigenvalue weighted by Crippen LogP contribution is -2.49. The Balaban J connectivity index is 1.60. The Hall–Kier alpha value is -4.32. The van der Waals surface area contributed by atoms with Crippen molar-refractivity contribution in [1.29, 1.82) is 0 Å². The van der Waals surface area contributed by atoms with E-state index in [9.17, 15) is 24.3 Å². The molecular formula is C26H27N7O5. The van der Waals surface area contributed by atoms with Crippen molar-refractivity contribution in [2.24, 2.45) is 0 Å². The highest BCUT2D eigenvalue weighted by Gasteiger charge is 2.33. The van der Waals surface area contributed by atoms with Crippen molar-refractivity contribution in [2.45, 2.75) is 51.7 Å². The first-order valence-electron chi connectivity index (χ1n) is 12.3. The molecule has 4 aromatic heterocycles. The number of carbonyl (C=O) groups excluding carboxylic acids is 2. The van der Waals surface area contributed by atoms with Gasteiger partial charge in [0.25, 0.3) is 11.5 Å². The molecule has 2 N–H and O–H groups in total. The van der Waals surface area contributed by atoms with Crippen LogP contribution in [-0.4, -0.2) is 69.9 Å². The molecule has 5 rings (SSSR count). The van der Waals surface area contributed by atoms with Crippen LogP contribution in [0.2, 0.25) is 0 Å². The van der Waals surface area contributed by atoms with Gasteiger partial charge in [-0.05, 0) is 45.7 Å². The topological polar surface area (TPSA) is 164 Å². The van der Waals surface area contributed by atoms with Gasteiger partial charge in [0.15, 0.2) is 0 Å². The highest BCUT2D eigenvalue weighted by Crippen LogP contribution is 2.29. The summed E-state index contributed by atoms with van der Waals surface area (Å²) in [7, 11) is 0. The van der Waals surface area contributed by atoms with E-state index in [1.54, 1.807) is 29.4 Å². The summed E-state index contributed by atoms with van der Waals surface area (Å²) in [5.74, 6) is -0.00588. The Labute approximate surface area is 216 Å². The molecule has 0 radical (unpaired) electrons. The van der Waals surface area contributed by atoms with Crippen molar-refractivity contribution in [3.8, 4) is 11.3 Å². The molecule has 1 aliphatic heterocycles. The number of likely N-dealkylation sites (tertiary alicyclic amines) is 1. The Bertz CT molecular complexity index is 1680. The zero-order chi connectivity index (χ0) is 27.2. The molecule has 196 valence electrons. The number of piperidine rings is 1. The van der Waals surface area contributed by atoms with Gasteiger partial charge in [0, 0.05) is 43.3 Å². The zero-order valence-corrected chi connectivity index (χ0v) is 21.3. The molecule has 38 heavy (non-hydrogen) atoms. The van der Waals surface area contributed by atoms with E-state index < -0.39 is 16.9 Å². The van der Waals surface area contributed by atoms with Gasteiger partial charge in [0.2, 0.25) is 0 Å². The van der Waals surface area contributed by atoms with E-state index in [1.807, 2.05) is 0 Å². The minimum Gasteiger partial charge on any atom is -0.381 e. The Morgan fingerprint density at radius 1 is 1.08 bits per heavy atom. The second-order valence-corrected chi connectivity index (χ2v) is 10.1. The largest absolute Gasteiger partial charge is 0.381 e. The lowest BCUT2D eigenvalue weighted by Gasteiger charge is -2.36. The fourth-order valence-electron chi connectivity index (χ4n) is 4.81. The average molecular weight is 518 g/mol. The molecule has 0 aromatic carbocycles. The van der Waals surface area contributed by atoms with Crippen molar-refractivity contribution >= 4 is 33.6 Å². The van der Waals surface area contributed by atoms with Crippen LogP contribution in [0.3, 0.4) is 0 Å². The van der Waals surface area contributed by atoms with Crippen molar-refractivity contribution < 1.29 is 14.7 Å². The first-order valence-corrected chi connectivity index (χ1v) is 12.3. The summed E-state index contributed by atoms with van der Waals surface area (Å²) in [5, 5.41) is 10.3. The fraction of sp³-hybridized carbons (Fsp3) is 0.385. The van der Waals surface area contributed by atoms with Gasteiger partial charge in [-0.3, -0.25) is 28.9 Å². The lowest BCUT2D eigenvalue weighted by molar-refractivity contribution is -0.149. The van der Waals surface area contributed by atoms with Crippen molar-refractivity contribution in [2.75, 3.05) is 13.1 Å². The molecule has 0 spiro atoms. The van der Waals surface area contributed by atoms with Crippen LogP contribution < -0.4 is 11.2 Å². The summed E-state index contributed by atoms with van der Waals surface area (Å²) >= 11 is 0. The van der Waals surface area contributed by atoms with Gasteiger partial charge in [-0.15, -0.1) is 0 Å². The maximum atomic E-state index is 13.1. The van der Waals surface area contributed by atoms with Crippen LogP contribution in [0.25, 0.3) is 33.2 Å². The van der Waals surface area contributed by atoms with Gasteiger partial charge in [0.05, 0.1) is 28.5 Å². The summed E-state index contributed by atoms with van der Waals surface area (Å²) in [6, 6.07) is 3.19. The number of nitrogens with one attached hydrogen (secondary N) is 1. The van der Waals surface area contributed by atoms with E-state index >= 15 is 0 Å². The Morgan fingerprint density at radius 2 is 1.76 bits per heavy atom. The second-order valence-electron chi connectivity index (χ2n) is 10.1. The number of aromatic nitrogens is 6. The molecule has 0 bridgehead atoms. The number of ketones is 1. The smallest absolute Gasteiger partial charge is 0.329 e. The minimum atomic E-state index is -1.48. The Morgan fingerprint density at radius 3 is 2.39 bits per heavy atom. The number of hydrogen-bond donors (Lipinski definition) is 2. The molecule has 12 heteroatoms. The number of amides is 1. The van der Waals surface area contributed by atoms with E-state index in [-0.39, 0.29) is 29.5 Å². The molecule has 0 aliphatic carbocycles. The second kappa shape index (κ2) is 9.53. The summed E-state index contributed by atoms with van der Waals surface area (Å²) < 4.78 is 1.54. The number of H-pyrrole nitrogens is 1. The van der Waals surface area contributed by atoms with Gasteiger partial charge in [-0.1, -0.05) is 0 Å². The van der Waals surface area contributed by atoms with Crippen molar-refractivity contribution in [3.05, 3.63) is 57.4 Å². The van der Waals surface area contributed by atoms with Crippen molar-refractivity contribution in [3.63, 3.8) is 0 Å². The maximum absolute atomic E-state index is 13.1. The molecule has 4 aromatic rings. The van der Waals surface area contributed by atoms with Gasteiger partial charge in [-0.25, -0.2) is 19.7 Å². The quantitative estimate of drug-likeness (QED) is 0.370. The lowest BCUT2D eigenvalue weighted by atomic mass is 10.0. The number of hydrogen-bond acceptors (Lipinski definition) is 9. The minimum absolute atomic E-state index is 0.0439. The van der Waals surface area contributed by atoms with Crippen LogP contribution in [0.1, 0.15) is 45.5 Å². The third-order valence-electron chi connectivity index (χ3n) is 6.66. The molecule has 0 unspecified atom stereocenters. The average Bonchev–Trinajstić information content (AvgIpc) is 2.88. The number of rotatable bonds is 5. The van der Waals surface area contributed by atoms with Crippen LogP contribution in [0.4, 0.5) is 0 Å². The summed E-state index contributed by atoms with van der Waals surface area (Å²) in [5.41, 5.74) is -0.230. The van der Waals surface area contributed by atoms with Gasteiger partial charge < -0.3 is 10.0 Å². The van der Waals surface area contributed by atoms with E-state index in [4.69, 9.17) is 4.98 Å². The van der Waals surface area contributed by atoms with E-state index in [0.29, 0.717) is 59.6 Å². The number of aromatic amines is 1. The van der Waals surface area contributed by atoms with Crippen LogP contribution in [-0.2, 0) is 16.0 Å². The summed E-state index contributed by atoms with van der Waals surface area (Å²) in [6.07, 6.45) is 5.63. The predicted octanol–water partition coefficient (Wildman–Crippen LogP) is 1.16. The van der Waals surface area contributed by atoms with Gasteiger partial charge in [-0.2, -0.15) is 0 Å². The first kappa shape index (κ1) is 25.3. The van der Waals surface area contributed by atoms with Crippen molar-refractivity contribution in [1.82, 2.24) is 34.4 Å². The number of aliphatic hydroxyl groups is 1. The van der Waals surface area contributed by atoms with E-state index in [2.05, 4.69) is 19.9 Å². The van der Waals surface area contributed by atoms with E-state index in [1.165, 1.54) is 31.5 Å². The van der Waals surface area contributed by atoms with Crippen LogP contribution in [0, 0.1) is 0 Å². The first-order chi connectivity index (χ1) is 18.0. The molecule has 1 fully saturated rings. The van der Waals surface area contributed by atoms with Crippen LogP contribution in [0.15, 0.2) is 40.3 Å². The molecule has 5 heterocycles. The molecule has 1 aliphatic rings. The molecule has 0 saturated carbocycles. The molecule has 1 saturated heterocycles. The zero-order valence-electron chi connectivity index (χ0n) is 21.3. The molecule has 1 amide bonds. The fourth-order valence-corrected chi connectivity index (χ4v) is 4.81. The summed E-state index contributed by atoms with van der Waals surface area (Å²) in [6.45, 7) is 5.08. The van der Waals surface area contributed by atoms with E-state index in [0.717, 1.165) is 0 Å². The maximum Gasteiger partial charge on any atom is 0.329 e. The highest BCUT2D eigenvalue weighted by molar-refractivity contribution is 6.01. The number of fused-ring (bicyclic) bond motifs is 3. The predicted molar refractivity (Wildman–Crippen MR) is 138 cm³/mol. The number of Topliss-reactive ketones (excluding diaryl/α,β-unsaturated/α-hetero) is 1. The van der Waals surface area contributed by atoms with Gasteiger partial charge >= 0.3 is 5.69 Å². The molecule has 0 atom stereocenters. The standard InChI is InChI=1S/C26H27N7O5/c1-14(34)10-20-28-11-15(12-29-20)18-4-5-19-21(30-18)22-17(13-27-19)23(35)31-25(37)33(22)16-6-8-32(9-7-16)24(36)26(2,3)38/h4-5,11-13,16,38H,6-10H2,1-3H3,(H,31,35,37). The summed E-state index contributed by atoms with van der Waals surface area (Å²) in [4.78, 5) is 71.4. The van der Waals surface area contributed by atoms with Gasteiger partial charge in [0.1, 0.15) is 22.7 Å². The van der Waals surface area contributed by atoms with Crippen LogP contribution in [0.5, 0.6) is 0 Å². The highest BCUT2D eigenvalue weighted by atomic mass is 16.3. The number of carbonyl (C=O) groups is 2. The monoisotopic (exact) mass is 517 g/mol. The van der Waals surface area contributed by atoms with Crippen LogP contribution >= 0.6 is 0 Å². The Kier molecular flexibility index (Phi) is 6.35. The third-order valence-corrected chi connectivity index (χ3v) is 6.66.